The molecule has 5 heteroatoms. The first-order valence-corrected chi connectivity index (χ1v) is 7.17. The maximum absolute atomic E-state index is 11.9. The first-order valence-electron chi connectivity index (χ1n) is 7.17. The first kappa shape index (κ1) is 14.3. The Morgan fingerprint density at radius 1 is 1.26 bits per heavy atom. The van der Waals surface area contributed by atoms with Gasteiger partial charge in [0.1, 0.15) is 0 Å². The Bertz CT molecular complexity index is 362. The number of carbonyl (C=O) groups excluding carboxylic acids is 1. The highest BCUT2D eigenvalue weighted by atomic mass is 16.4. The fourth-order valence-corrected chi connectivity index (χ4v) is 3.22. The SMILES string of the molecule is CC1(C)C(C(=O)O)C1C(=O)NCCCN1CCCC1. The number of aliphatic carboxylic acids is 1. The van der Waals surface area contributed by atoms with E-state index < -0.39 is 17.3 Å². The Morgan fingerprint density at radius 2 is 1.89 bits per heavy atom. The van der Waals surface area contributed by atoms with Crippen molar-refractivity contribution in [2.24, 2.45) is 17.3 Å². The molecule has 1 aliphatic heterocycles. The number of nitrogens with one attached hydrogen (secondary N) is 1. The van der Waals surface area contributed by atoms with Crippen molar-refractivity contribution in [3.8, 4) is 0 Å². The third-order valence-corrected chi connectivity index (χ3v) is 4.52. The molecule has 2 aliphatic rings. The van der Waals surface area contributed by atoms with Gasteiger partial charge in [0, 0.05) is 6.54 Å². The van der Waals surface area contributed by atoms with Gasteiger partial charge in [0.25, 0.3) is 0 Å². The minimum Gasteiger partial charge on any atom is -0.481 e. The van der Waals surface area contributed by atoms with E-state index in [9.17, 15) is 9.59 Å². The van der Waals surface area contributed by atoms with Gasteiger partial charge < -0.3 is 15.3 Å². The van der Waals surface area contributed by atoms with Crippen molar-refractivity contribution in [2.75, 3.05) is 26.2 Å². The van der Waals surface area contributed by atoms with E-state index in [4.69, 9.17) is 5.11 Å². The molecule has 19 heavy (non-hydrogen) atoms. The zero-order chi connectivity index (χ0) is 14.0. The molecule has 1 saturated heterocycles. The van der Waals surface area contributed by atoms with Crippen molar-refractivity contribution in [1.82, 2.24) is 10.2 Å². The summed E-state index contributed by atoms with van der Waals surface area (Å²) in [5.74, 6) is -1.84. The van der Waals surface area contributed by atoms with E-state index in [2.05, 4.69) is 10.2 Å². The lowest BCUT2D eigenvalue weighted by Crippen LogP contribution is -2.31. The molecular formula is C14H24N2O3. The number of likely N-dealkylation sites (tertiary alicyclic amines) is 1. The molecule has 1 amide bonds. The molecule has 0 spiro atoms. The summed E-state index contributed by atoms with van der Waals surface area (Å²) >= 11 is 0. The summed E-state index contributed by atoms with van der Waals surface area (Å²) in [4.78, 5) is 25.4. The van der Waals surface area contributed by atoms with Gasteiger partial charge in [-0.05, 0) is 44.3 Å². The normalized spacial score (nSPS) is 29.2. The lowest BCUT2D eigenvalue weighted by atomic mass is 10.1. The third-order valence-electron chi connectivity index (χ3n) is 4.52. The van der Waals surface area contributed by atoms with Gasteiger partial charge in [-0.15, -0.1) is 0 Å². The molecular weight excluding hydrogens is 244 g/mol. The molecule has 5 nitrogen and oxygen atoms in total. The highest BCUT2D eigenvalue weighted by molar-refractivity contribution is 5.91. The fourth-order valence-electron chi connectivity index (χ4n) is 3.22. The van der Waals surface area contributed by atoms with Gasteiger partial charge in [-0.25, -0.2) is 0 Å². The van der Waals surface area contributed by atoms with E-state index >= 15 is 0 Å². The molecule has 1 saturated carbocycles. The zero-order valence-corrected chi connectivity index (χ0v) is 11.8. The van der Waals surface area contributed by atoms with Crippen LogP contribution in [0.5, 0.6) is 0 Å². The predicted octanol–water partition coefficient (Wildman–Crippen LogP) is 0.945. The van der Waals surface area contributed by atoms with Gasteiger partial charge in [-0.1, -0.05) is 13.8 Å². The summed E-state index contributed by atoms with van der Waals surface area (Å²) in [5, 5.41) is 11.9. The number of carbonyl (C=O) groups is 2. The summed E-state index contributed by atoms with van der Waals surface area (Å²) in [6.07, 6.45) is 3.50. The van der Waals surface area contributed by atoms with Crippen molar-refractivity contribution in [1.29, 1.82) is 0 Å². The highest BCUT2D eigenvalue weighted by Gasteiger charge is 2.65. The van der Waals surface area contributed by atoms with Crippen LogP contribution in [0.4, 0.5) is 0 Å². The number of carboxylic acid groups (broad SMARTS) is 1. The van der Waals surface area contributed by atoms with Crippen molar-refractivity contribution in [2.45, 2.75) is 33.1 Å². The van der Waals surface area contributed by atoms with Crippen molar-refractivity contribution >= 4 is 11.9 Å². The van der Waals surface area contributed by atoms with E-state index in [0.717, 1.165) is 13.0 Å². The number of rotatable bonds is 6. The molecule has 2 fully saturated rings. The molecule has 0 aromatic rings. The molecule has 2 unspecified atom stereocenters. The van der Waals surface area contributed by atoms with Crippen molar-refractivity contribution in [3.05, 3.63) is 0 Å². The third kappa shape index (κ3) is 3.08. The number of hydrogen-bond acceptors (Lipinski definition) is 3. The van der Waals surface area contributed by atoms with Crippen LogP contribution in [0, 0.1) is 17.3 Å². The van der Waals surface area contributed by atoms with Crippen molar-refractivity contribution in [3.63, 3.8) is 0 Å². The van der Waals surface area contributed by atoms with Gasteiger partial charge in [-0.2, -0.15) is 0 Å². The average Bonchev–Trinajstić information content (AvgIpc) is 2.73. The zero-order valence-electron chi connectivity index (χ0n) is 11.8. The lowest BCUT2D eigenvalue weighted by Gasteiger charge is -2.14. The van der Waals surface area contributed by atoms with Crippen LogP contribution in [-0.4, -0.2) is 48.1 Å². The van der Waals surface area contributed by atoms with Crippen LogP contribution in [-0.2, 0) is 9.59 Å². The standard InChI is InChI=1S/C14H24N2O3/c1-14(2)10(11(14)13(18)19)12(17)15-6-5-9-16-7-3-4-8-16/h10-11H,3-9H2,1-2H3,(H,15,17)(H,18,19). The largest absolute Gasteiger partial charge is 0.481 e. The van der Waals surface area contributed by atoms with Crippen LogP contribution in [0.2, 0.25) is 0 Å². The maximum atomic E-state index is 11.9. The Labute approximate surface area is 114 Å². The van der Waals surface area contributed by atoms with Gasteiger partial charge >= 0.3 is 5.97 Å². The fraction of sp³-hybridized carbons (Fsp3) is 0.857. The molecule has 0 aromatic carbocycles. The molecule has 1 aliphatic carbocycles. The molecule has 2 rings (SSSR count). The van der Waals surface area contributed by atoms with E-state index in [1.54, 1.807) is 0 Å². The van der Waals surface area contributed by atoms with E-state index in [1.165, 1.54) is 25.9 Å². The van der Waals surface area contributed by atoms with Gasteiger partial charge in [0.2, 0.25) is 5.91 Å². The summed E-state index contributed by atoms with van der Waals surface area (Å²) in [7, 11) is 0. The summed E-state index contributed by atoms with van der Waals surface area (Å²) in [6.45, 7) is 7.71. The van der Waals surface area contributed by atoms with E-state index in [-0.39, 0.29) is 11.8 Å². The monoisotopic (exact) mass is 268 g/mol. The number of hydrogen-bond donors (Lipinski definition) is 2. The molecule has 0 bridgehead atoms. The maximum Gasteiger partial charge on any atom is 0.307 e. The highest BCUT2D eigenvalue weighted by Crippen LogP contribution is 2.58. The van der Waals surface area contributed by atoms with Gasteiger partial charge in [-0.3, -0.25) is 9.59 Å². The quantitative estimate of drug-likeness (QED) is 0.704. The Hall–Kier alpha value is -1.10. The molecule has 0 radical (unpaired) electrons. The number of carboxylic acids is 1. The second-order valence-corrected chi connectivity index (χ2v) is 6.31. The van der Waals surface area contributed by atoms with Crippen LogP contribution in [0.15, 0.2) is 0 Å². The molecule has 2 atom stereocenters. The van der Waals surface area contributed by atoms with Crippen LogP contribution < -0.4 is 5.32 Å². The van der Waals surface area contributed by atoms with Crippen molar-refractivity contribution < 1.29 is 14.7 Å². The Kier molecular flexibility index (Phi) is 4.13. The minimum absolute atomic E-state index is 0.0983. The molecule has 0 aromatic heterocycles. The van der Waals surface area contributed by atoms with Gasteiger partial charge in [0.05, 0.1) is 11.8 Å². The lowest BCUT2D eigenvalue weighted by molar-refractivity contribution is -0.140. The Morgan fingerprint density at radius 3 is 2.42 bits per heavy atom. The van der Waals surface area contributed by atoms with E-state index in [0.29, 0.717) is 6.54 Å². The second kappa shape index (κ2) is 5.49. The smallest absolute Gasteiger partial charge is 0.307 e. The van der Waals surface area contributed by atoms with Crippen LogP contribution in [0.1, 0.15) is 33.1 Å². The number of amides is 1. The summed E-state index contributed by atoms with van der Waals surface area (Å²) in [5.41, 5.74) is -0.398. The average molecular weight is 268 g/mol. The predicted molar refractivity (Wildman–Crippen MR) is 71.7 cm³/mol. The molecule has 2 N–H and O–H groups in total. The summed E-state index contributed by atoms with van der Waals surface area (Å²) in [6, 6.07) is 0. The van der Waals surface area contributed by atoms with Crippen LogP contribution in [0.3, 0.4) is 0 Å². The van der Waals surface area contributed by atoms with Crippen LogP contribution >= 0.6 is 0 Å². The second-order valence-electron chi connectivity index (χ2n) is 6.31. The van der Waals surface area contributed by atoms with E-state index in [1.807, 2.05) is 13.8 Å². The summed E-state index contributed by atoms with van der Waals surface area (Å²) < 4.78 is 0. The van der Waals surface area contributed by atoms with Gasteiger partial charge in [0.15, 0.2) is 0 Å². The number of nitrogens with zero attached hydrogens (tertiary/aromatic N) is 1. The Balaban J connectivity index is 1.66. The first-order chi connectivity index (χ1) is 8.94. The van der Waals surface area contributed by atoms with Crippen LogP contribution in [0.25, 0.3) is 0 Å². The topological polar surface area (TPSA) is 69.6 Å². The molecule has 108 valence electrons. The molecule has 1 heterocycles. The minimum atomic E-state index is -0.859.